The van der Waals surface area contributed by atoms with Crippen LogP contribution < -0.4 is 0 Å². The Morgan fingerprint density at radius 2 is 2.33 bits per heavy atom. The molecule has 0 bridgehead atoms. The second-order valence-electron chi connectivity index (χ2n) is 3.42. The first kappa shape index (κ1) is 10.7. The lowest BCUT2D eigenvalue weighted by Gasteiger charge is -2.05. The molecule has 0 spiro atoms. The molecule has 2 nitrogen and oxygen atoms in total. The van der Waals surface area contributed by atoms with Crippen molar-refractivity contribution in [1.82, 2.24) is 0 Å². The number of thiophene rings is 1. The number of furan rings is 1. The molecular formula is C11H11ClO2S. The molecule has 0 saturated carbocycles. The van der Waals surface area contributed by atoms with Crippen LogP contribution in [-0.2, 0) is 6.42 Å². The van der Waals surface area contributed by atoms with E-state index in [1.807, 2.05) is 25.1 Å². The maximum absolute atomic E-state index is 9.90. The van der Waals surface area contributed by atoms with E-state index in [0.717, 1.165) is 20.5 Å². The van der Waals surface area contributed by atoms with Crippen molar-refractivity contribution in [2.24, 2.45) is 0 Å². The molecule has 0 aliphatic heterocycles. The lowest BCUT2D eigenvalue weighted by Crippen LogP contribution is -1.98. The number of aliphatic hydroxyl groups excluding tert-OH is 1. The minimum Gasteiger partial charge on any atom is -0.469 e. The van der Waals surface area contributed by atoms with E-state index in [0.29, 0.717) is 6.42 Å². The summed E-state index contributed by atoms with van der Waals surface area (Å²) in [5, 5.41) is 9.90. The van der Waals surface area contributed by atoms with Gasteiger partial charge in [0.15, 0.2) is 0 Å². The van der Waals surface area contributed by atoms with Crippen LogP contribution in [0.15, 0.2) is 28.9 Å². The van der Waals surface area contributed by atoms with Crippen LogP contribution in [0.1, 0.15) is 22.3 Å². The Morgan fingerprint density at radius 1 is 1.53 bits per heavy atom. The van der Waals surface area contributed by atoms with Gasteiger partial charge in [-0.3, -0.25) is 0 Å². The number of rotatable bonds is 3. The summed E-state index contributed by atoms with van der Waals surface area (Å²) in [5.74, 6) is 0.813. The fourth-order valence-electron chi connectivity index (χ4n) is 1.41. The molecular weight excluding hydrogens is 232 g/mol. The summed E-state index contributed by atoms with van der Waals surface area (Å²) in [6.45, 7) is 1.86. The molecule has 15 heavy (non-hydrogen) atoms. The number of aryl methyl sites for hydroxylation is 1. The van der Waals surface area contributed by atoms with Gasteiger partial charge in [0.25, 0.3) is 0 Å². The molecule has 4 heteroatoms. The van der Waals surface area contributed by atoms with Gasteiger partial charge in [-0.2, -0.15) is 0 Å². The van der Waals surface area contributed by atoms with Crippen LogP contribution >= 0.6 is 22.9 Å². The molecule has 0 radical (unpaired) electrons. The Labute approximate surface area is 97.1 Å². The summed E-state index contributed by atoms with van der Waals surface area (Å²) in [5.41, 5.74) is 0.817. The molecule has 2 aromatic heterocycles. The normalized spacial score (nSPS) is 13.0. The van der Waals surface area contributed by atoms with E-state index in [9.17, 15) is 5.11 Å². The lowest BCUT2D eigenvalue weighted by atomic mass is 10.1. The smallest absolute Gasteiger partial charge is 0.101 e. The van der Waals surface area contributed by atoms with Gasteiger partial charge in [0.05, 0.1) is 16.7 Å². The van der Waals surface area contributed by atoms with Gasteiger partial charge in [0.2, 0.25) is 0 Å². The van der Waals surface area contributed by atoms with Crippen molar-refractivity contribution in [2.75, 3.05) is 0 Å². The van der Waals surface area contributed by atoms with Gasteiger partial charge < -0.3 is 9.52 Å². The highest BCUT2D eigenvalue weighted by molar-refractivity contribution is 7.16. The van der Waals surface area contributed by atoms with Crippen molar-refractivity contribution < 1.29 is 9.52 Å². The summed E-state index contributed by atoms with van der Waals surface area (Å²) < 4.78 is 5.90. The fourth-order valence-corrected chi connectivity index (χ4v) is 2.53. The topological polar surface area (TPSA) is 33.4 Å². The summed E-state index contributed by atoms with van der Waals surface area (Å²) >= 11 is 7.30. The first-order chi connectivity index (χ1) is 7.15. The van der Waals surface area contributed by atoms with E-state index in [-0.39, 0.29) is 0 Å². The van der Waals surface area contributed by atoms with E-state index in [2.05, 4.69) is 0 Å². The monoisotopic (exact) mass is 242 g/mol. The van der Waals surface area contributed by atoms with Crippen molar-refractivity contribution in [3.8, 4) is 0 Å². The molecule has 0 aliphatic rings. The average molecular weight is 243 g/mol. The molecule has 80 valence electrons. The predicted octanol–water partition coefficient (Wildman–Crippen LogP) is 3.58. The average Bonchev–Trinajstić information content (AvgIpc) is 2.75. The zero-order chi connectivity index (χ0) is 10.8. The third-order valence-electron chi connectivity index (χ3n) is 2.16. The van der Waals surface area contributed by atoms with Gasteiger partial charge in [-0.25, -0.2) is 0 Å². The Balaban J connectivity index is 2.06. The van der Waals surface area contributed by atoms with Gasteiger partial charge in [-0.15, -0.1) is 11.3 Å². The molecule has 1 atom stereocenters. The number of hydrogen-bond acceptors (Lipinski definition) is 3. The molecule has 1 N–H and O–H groups in total. The molecule has 1 unspecified atom stereocenters. The highest BCUT2D eigenvalue weighted by atomic mass is 35.5. The second-order valence-corrected chi connectivity index (χ2v) is 5.22. The van der Waals surface area contributed by atoms with Crippen LogP contribution in [-0.4, -0.2) is 5.11 Å². The summed E-state index contributed by atoms with van der Waals surface area (Å²) in [6, 6.07) is 5.62. The molecule has 2 aromatic rings. The van der Waals surface area contributed by atoms with Crippen molar-refractivity contribution in [2.45, 2.75) is 19.4 Å². The summed E-state index contributed by atoms with van der Waals surface area (Å²) in [4.78, 5) is 1.08. The largest absolute Gasteiger partial charge is 0.469 e. The molecule has 0 aromatic carbocycles. The van der Waals surface area contributed by atoms with Crippen molar-refractivity contribution in [3.63, 3.8) is 0 Å². The van der Waals surface area contributed by atoms with Crippen LogP contribution in [0.25, 0.3) is 0 Å². The zero-order valence-electron chi connectivity index (χ0n) is 8.24. The van der Waals surface area contributed by atoms with Crippen LogP contribution in [0.2, 0.25) is 4.34 Å². The first-order valence-electron chi connectivity index (χ1n) is 4.62. The SMILES string of the molecule is Cc1cc(C(O)Cc2ccc(Cl)s2)co1. The number of aliphatic hydroxyl groups is 1. The third-order valence-corrected chi connectivity index (χ3v) is 3.41. The summed E-state index contributed by atoms with van der Waals surface area (Å²) in [7, 11) is 0. The molecule has 2 heterocycles. The van der Waals surface area contributed by atoms with E-state index in [4.69, 9.17) is 16.0 Å². The molecule has 0 aliphatic carbocycles. The van der Waals surface area contributed by atoms with Crippen LogP contribution in [0.3, 0.4) is 0 Å². The zero-order valence-corrected chi connectivity index (χ0v) is 9.81. The standard InChI is InChI=1S/C11H11ClO2S/c1-7-4-8(6-14-7)10(13)5-9-2-3-11(12)15-9/h2-4,6,10,13H,5H2,1H3. The minimum absolute atomic E-state index is 0.517. The van der Waals surface area contributed by atoms with E-state index < -0.39 is 6.10 Å². The van der Waals surface area contributed by atoms with Gasteiger partial charge >= 0.3 is 0 Å². The van der Waals surface area contributed by atoms with E-state index >= 15 is 0 Å². The molecule has 0 amide bonds. The van der Waals surface area contributed by atoms with Gasteiger partial charge in [0.1, 0.15) is 5.76 Å². The Hall–Kier alpha value is -0.770. The minimum atomic E-state index is -0.517. The number of halogens is 1. The summed E-state index contributed by atoms with van der Waals surface area (Å²) in [6.07, 6.45) is 1.66. The maximum atomic E-state index is 9.90. The maximum Gasteiger partial charge on any atom is 0.101 e. The molecule has 0 saturated heterocycles. The second kappa shape index (κ2) is 4.39. The quantitative estimate of drug-likeness (QED) is 0.893. The Morgan fingerprint density at radius 3 is 2.87 bits per heavy atom. The van der Waals surface area contributed by atoms with Crippen LogP contribution in [0, 0.1) is 6.92 Å². The highest BCUT2D eigenvalue weighted by Gasteiger charge is 2.12. The lowest BCUT2D eigenvalue weighted by molar-refractivity contribution is 0.178. The third kappa shape index (κ3) is 2.62. The van der Waals surface area contributed by atoms with Crippen molar-refractivity contribution in [1.29, 1.82) is 0 Å². The van der Waals surface area contributed by atoms with E-state index in [1.54, 1.807) is 6.26 Å². The number of hydrogen-bond donors (Lipinski definition) is 1. The first-order valence-corrected chi connectivity index (χ1v) is 5.82. The van der Waals surface area contributed by atoms with Gasteiger partial charge in [0, 0.05) is 16.9 Å². The fraction of sp³-hybridized carbons (Fsp3) is 0.273. The highest BCUT2D eigenvalue weighted by Crippen LogP contribution is 2.27. The van der Waals surface area contributed by atoms with Crippen LogP contribution in [0.5, 0.6) is 0 Å². The van der Waals surface area contributed by atoms with Crippen molar-refractivity contribution >= 4 is 22.9 Å². The van der Waals surface area contributed by atoms with Crippen molar-refractivity contribution in [3.05, 3.63) is 45.0 Å². The Bertz CT molecular complexity index is 447. The van der Waals surface area contributed by atoms with Gasteiger partial charge in [-0.05, 0) is 25.1 Å². The molecule has 2 rings (SSSR count). The van der Waals surface area contributed by atoms with Crippen LogP contribution in [0.4, 0.5) is 0 Å². The van der Waals surface area contributed by atoms with Gasteiger partial charge in [-0.1, -0.05) is 11.6 Å². The molecule has 0 fully saturated rings. The van der Waals surface area contributed by atoms with E-state index in [1.165, 1.54) is 11.3 Å². The predicted molar refractivity (Wildman–Crippen MR) is 61.4 cm³/mol. The Kier molecular flexibility index (Phi) is 3.14.